The molecule has 20 heavy (non-hydrogen) atoms. The molecule has 1 unspecified atom stereocenters. The lowest BCUT2D eigenvalue weighted by molar-refractivity contribution is 0.0274. The Labute approximate surface area is 116 Å². The molecule has 0 saturated carbocycles. The average molecular weight is 283 g/mol. The minimum absolute atomic E-state index is 0.113. The summed E-state index contributed by atoms with van der Waals surface area (Å²) >= 11 is 0. The van der Waals surface area contributed by atoms with E-state index < -0.39 is 11.4 Å². The number of carbonyl (C=O) groups is 1. The summed E-state index contributed by atoms with van der Waals surface area (Å²) in [7, 11) is 0. The maximum atomic E-state index is 12.7. The summed E-state index contributed by atoms with van der Waals surface area (Å²) in [5.41, 5.74) is -0.518. The fourth-order valence-corrected chi connectivity index (χ4v) is 1.83. The van der Waals surface area contributed by atoms with E-state index in [2.05, 4.69) is 9.97 Å². The Bertz CT molecular complexity index is 473. The molecular formula is C13H18FN3O3. The molecule has 1 amide bonds. The van der Waals surface area contributed by atoms with Crippen molar-refractivity contribution in [1.82, 2.24) is 14.9 Å². The lowest BCUT2D eigenvalue weighted by atomic mass is 10.2. The van der Waals surface area contributed by atoms with Crippen molar-refractivity contribution in [3.8, 4) is 6.01 Å². The second-order valence-electron chi connectivity index (χ2n) is 5.64. The number of carbonyl (C=O) groups excluding carboxylic acids is 1. The van der Waals surface area contributed by atoms with Gasteiger partial charge in [0.05, 0.1) is 18.9 Å². The number of ether oxygens (including phenoxy) is 2. The molecule has 1 fully saturated rings. The van der Waals surface area contributed by atoms with Crippen LogP contribution in [0.2, 0.25) is 0 Å². The predicted octanol–water partition coefficient (Wildman–Crippen LogP) is 2.00. The number of hydrogen-bond acceptors (Lipinski definition) is 5. The van der Waals surface area contributed by atoms with Gasteiger partial charge < -0.3 is 14.4 Å². The third-order valence-corrected chi connectivity index (χ3v) is 2.67. The van der Waals surface area contributed by atoms with Gasteiger partial charge in [-0.1, -0.05) is 0 Å². The molecule has 1 aromatic heterocycles. The minimum Gasteiger partial charge on any atom is -0.458 e. The summed E-state index contributed by atoms with van der Waals surface area (Å²) in [6.45, 7) is 6.43. The first kappa shape index (κ1) is 14.5. The molecule has 0 aromatic carbocycles. The Morgan fingerprint density at radius 2 is 2.05 bits per heavy atom. The molecule has 0 aliphatic carbocycles. The number of hydrogen-bond donors (Lipinski definition) is 0. The topological polar surface area (TPSA) is 64.5 Å². The van der Waals surface area contributed by atoms with Crippen molar-refractivity contribution in [2.24, 2.45) is 0 Å². The molecule has 1 saturated heterocycles. The first-order chi connectivity index (χ1) is 9.33. The molecule has 1 aliphatic rings. The van der Waals surface area contributed by atoms with E-state index in [0.29, 0.717) is 19.5 Å². The van der Waals surface area contributed by atoms with E-state index in [1.807, 2.05) is 20.8 Å². The highest BCUT2D eigenvalue weighted by Crippen LogP contribution is 2.18. The lowest BCUT2D eigenvalue weighted by Crippen LogP contribution is -2.36. The molecule has 0 spiro atoms. The summed E-state index contributed by atoms with van der Waals surface area (Å²) in [5, 5.41) is 0. The van der Waals surface area contributed by atoms with Gasteiger partial charge >= 0.3 is 12.1 Å². The van der Waals surface area contributed by atoms with Gasteiger partial charge in [-0.3, -0.25) is 0 Å². The highest BCUT2D eigenvalue weighted by atomic mass is 19.1. The fourth-order valence-electron chi connectivity index (χ4n) is 1.83. The van der Waals surface area contributed by atoms with E-state index in [0.717, 1.165) is 12.4 Å². The van der Waals surface area contributed by atoms with Crippen molar-refractivity contribution in [3.05, 3.63) is 18.2 Å². The van der Waals surface area contributed by atoms with Crippen LogP contribution in [0.15, 0.2) is 12.4 Å². The number of rotatable bonds is 2. The van der Waals surface area contributed by atoms with Gasteiger partial charge in [0, 0.05) is 13.0 Å². The van der Waals surface area contributed by atoms with Crippen LogP contribution in [0.5, 0.6) is 6.01 Å². The molecule has 1 aliphatic heterocycles. The van der Waals surface area contributed by atoms with Gasteiger partial charge in [-0.2, -0.15) is 0 Å². The SMILES string of the molecule is CC(C)(C)OC(=O)N1CCC(Oc2ncc(F)cn2)C1. The van der Waals surface area contributed by atoms with Crippen molar-refractivity contribution in [1.29, 1.82) is 0 Å². The molecule has 0 bridgehead atoms. The first-order valence-electron chi connectivity index (χ1n) is 6.45. The van der Waals surface area contributed by atoms with E-state index in [1.165, 1.54) is 0 Å². The molecule has 0 radical (unpaired) electrons. The van der Waals surface area contributed by atoms with Crippen molar-refractivity contribution >= 4 is 6.09 Å². The fraction of sp³-hybridized carbons (Fsp3) is 0.615. The maximum absolute atomic E-state index is 12.7. The molecule has 0 N–H and O–H groups in total. The van der Waals surface area contributed by atoms with Gasteiger partial charge in [0.1, 0.15) is 11.7 Å². The molecule has 1 atom stereocenters. The van der Waals surface area contributed by atoms with Gasteiger partial charge in [-0.05, 0) is 20.8 Å². The molecule has 2 heterocycles. The van der Waals surface area contributed by atoms with Crippen LogP contribution in [0.1, 0.15) is 27.2 Å². The monoisotopic (exact) mass is 283 g/mol. The number of aromatic nitrogens is 2. The third kappa shape index (κ3) is 4.04. The van der Waals surface area contributed by atoms with Gasteiger partial charge in [-0.15, -0.1) is 0 Å². The zero-order valence-electron chi connectivity index (χ0n) is 11.8. The van der Waals surface area contributed by atoms with E-state index >= 15 is 0 Å². The van der Waals surface area contributed by atoms with E-state index in [4.69, 9.17) is 9.47 Å². The highest BCUT2D eigenvalue weighted by Gasteiger charge is 2.31. The van der Waals surface area contributed by atoms with Crippen molar-refractivity contribution < 1.29 is 18.7 Å². The second-order valence-corrected chi connectivity index (χ2v) is 5.64. The minimum atomic E-state index is -0.518. The summed E-state index contributed by atoms with van der Waals surface area (Å²) in [4.78, 5) is 20.9. The summed E-state index contributed by atoms with van der Waals surface area (Å²) in [6, 6.07) is 0.113. The number of halogens is 1. The van der Waals surface area contributed by atoms with Gasteiger partial charge in [0.15, 0.2) is 5.82 Å². The van der Waals surface area contributed by atoms with Gasteiger partial charge in [0.2, 0.25) is 0 Å². The van der Waals surface area contributed by atoms with Crippen LogP contribution in [0.3, 0.4) is 0 Å². The zero-order chi connectivity index (χ0) is 14.8. The lowest BCUT2D eigenvalue weighted by Gasteiger charge is -2.24. The molecule has 2 rings (SSSR count). The van der Waals surface area contributed by atoms with Crippen LogP contribution < -0.4 is 4.74 Å². The number of nitrogens with zero attached hydrogens (tertiary/aromatic N) is 3. The summed E-state index contributed by atoms with van der Waals surface area (Å²) in [6.07, 6.45) is 2.20. The Morgan fingerprint density at radius 1 is 1.40 bits per heavy atom. The standard InChI is InChI=1S/C13H18FN3O3/c1-13(2,3)20-12(18)17-5-4-10(8-17)19-11-15-6-9(14)7-16-11/h6-7,10H,4-5,8H2,1-3H3. The number of likely N-dealkylation sites (tertiary alicyclic amines) is 1. The van der Waals surface area contributed by atoms with Crippen LogP contribution in [0.4, 0.5) is 9.18 Å². The van der Waals surface area contributed by atoms with Crippen LogP contribution in [-0.2, 0) is 4.74 Å². The maximum Gasteiger partial charge on any atom is 0.410 e. The first-order valence-corrected chi connectivity index (χ1v) is 6.45. The molecule has 110 valence electrons. The Morgan fingerprint density at radius 3 is 2.65 bits per heavy atom. The molecule has 1 aromatic rings. The van der Waals surface area contributed by atoms with Crippen LogP contribution in [0, 0.1) is 5.82 Å². The Kier molecular flexibility index (Phi) is 4.06. The Balaban J connectivity index is 1.86. The van der Waals surface area contributed by atoms with Gasteiger partial charge in [0.25, 0.3) is 0 Å². The van der Waals surface area contributed by atoms with Crippen molar-refractivity contribution in [2.75, 3.05) is 13.1 Å². The van der Waals surface area contributed by atoms with Crippen molar-refractivity contribution in [2.45, 2.75) is 38.9 Å². The molecular weight excluding hydrogens is 265 g/mol. The van der Waals surface area contributed by atoms with E-state index in [1.54, 1.807) is 4.90 Å². The number of amides is 1. The molecule has 7 heteroatoms. The van der Waals surface area contributed by atoms with Crippen LogP contribution in [0.25, 0.3) is 0 Å². The van der Waals surface area contributed by atoms with Crippen LogP contribution in [-0.4, -0.2) is 45.8 Å². The van der Waals surface area contributed by atoms with Gasteiger partial charge in [-0.25, -0.2) is 19.2 Å². The van der Waals surface area contributed by atoms with E-state index in [9.17, 15) is 9.18 Å². The second kappa shape index (κ2) is 5.60. The van der Waals surface area contributed by atoms with Crippen molar-refractivity contribution in [3.63, 3.8) is 0 Å². The molecule has 6 nitrogen and oxygen atoms in total. The summed E-state index contributed by atoms with van der Waals surface area (Å²) in [5.74, 6) is -0.515. The third-order valence-electron chi connectivity index (χ3n) is 2.67. The van der Waals surface area contributed by atoms with Crippen LogP contribution >= 0.6 is 0 Å². The Hall–Kier alpha value is -1.92. The largest absolute Gasteiger partial charge is 0.458 e. The smallest absolute Gasteiger partial charge is 0.410 e. The summed E-state index contributed by atoms with van der Waals surface area (Å²) < 4.78 is 23.5. The predicted molar refractivity (Wildman–Crippen MR) is 68.8 cm³/mol. The quantitative estimate of drug-likeness (QED) is 0.830. The normalized spacial score (nSPS) is 19.0. The zero-order valence-corrected chi connectivity index (χ0v) is 11.8. The highest BCUT2D eigenvalue weighted by molar-refractivity contribution is 5.68. The van der Waals surface area contributed by atoms with E-state index in [-0.39, 0.29) is 18.2 Å². The average Bonchev–Trinajstić information content (AvgIpc) is 2.79.